The van der Waals surface area contributed by atoms with Crippen molar-refractivity contribution in [2.24, 2.45) is 0 Å². The molecule has 4 N–H and O–H groups in total. The summed E-state index contributed by atoms with van der Waals surface area (Å²) in [5.74, 6) is 0.485. The monoisotopic (exact) mass is 403 g/mol. The van der Waals surface area contributed by atoms with Gasteiger partial charge in [0.25, 0.3) is 5.91 Å². The van der Waals surface area contributed by atoms with E-state index in [2.05, 4.69) is 10.6 Å². The average Bonchev–Trinajstić information content (AvgIpc) is 3.46. The van der Waals surface area contributed by atoms with Crippen LogP contribution in [-0.2, 0) is 16.0 Å². The van der Waals surface area contributed by atoms with E-state index in [0.717, 1.165) is 24.0 Å². The highest BCUT2D eigenvalue weighted by atomic mass is 35.5. The van der Waals surface area contributed by atoms with Gasteiger partial charge in [-0.15, -0.1) is 12.4 Å². The molecule has 6 nitrogen and oxygen atoms in total. The van der Waals surface area contributed by atoms with Crippen molar-refractivity contribution in [3.63, 3.8) is 0 Å². The topological polar surface area (TPSA) is 93.5 Å². The van der Waals surface area contributed by atoms with Gasteiger partial charge in [-0.3, -0.25) is 9.59 Å². The maximum Gasteiger partial charge on any atom is 0.258 e. The molecule has 0 aliphatic heterocycles. The van der Waals surface area contributed by atoms with Gasteiger partial charge < -0.3 is 21.1 Å². The molecule has 1 aliphatic rings. The van der Waals surface area contributed by atoms with Gasteiger partial charge in [0.15, 0.2) is 6.61 Å². The highest BCUT2D eigenvalue weighted by Gasteiger charge is 2.23. The predicted octanol–water partition coefficient (Wildman–Crippen LogP) is 2.77. The Balaban J connectivity index is 0.00000280. The van der Waals surface area contributed by atoms with E-state index in [1.807, 2.05) is 43.3 Å². The van der Waals surface area contributed by atoms with Gasteiger partial charge >= 0.3 is 0 Å². The van der Waals surface area contributed by atoms with E-state index in [1.165, 1.54) is 0 Å². The van der Waals surface area contributed by atoms with E-state index in [4.69, 9.17) is 10.5 Å². The SMILES string of the molecule is CC(NC(=O)Cc1ccc(N)cc1)c1ccc(OCC(=O)NC2CC2)cc1.Cl. The lowest BCUT2D eigenvalue weighted by molar-refractivity contribution is -0.123. The second kappa shape index (κ2) is 9.99. The summed E-state index contributed by atoms with van der Waals surface area (Å²) in [4.78, 5) is 23.8. The number of ether oxygens (including phenoxy) is 1. The molecule has 2 aromatic rings. The Morgan fingerprint density at radius 1 is 1.07 bits per heavy atom. The van der Waals surface area contributed by atoms with Crippen molar-refractivity contribution in [3.8, 4) is 5.75 Å². The first-order valence-electron chi connectivity index (χ1n) is 9.15. The second-order valence-corrected chi connectivity index (χ2v) is 6.91. The molecule has 2 aromatic carbocycles. The van der Waals surface area contributed by atoms with Crippen LogP contribution in [0.1, 0.15) is 36.9 Å². The van der Waals surface area contributed by atoms with E-state index in [-0.39, 0.29) is 36.9 Å². The van der Waals surface area contributed by atoms with E-state index >= 15 is 0 Å². The molecule has 1 aliphatic carbocycles. The number of carbonyl (C=O) groups is 2. The Labute approximate surface area is 171 Å². The Morgan fingerprint density at radius 2 is 1.71 bits per heavy atom. The summed E-state index contributed by atoms with van der Waals surface area (Å²) in [6.45, 7) is 1.95. The van der Waals surface area contributed by atoms with Crippen molar-refractivity contribution in [1.29, 1.82) is 0 Å². The smallest absolute Gasteiger partial charge is 0.258 e. The molecule has 0 bridgehead atoms. The third-order valence-corrected chi connectivity index (χ3v) is 4.41. The standard InChI is InChI=1S/C21H25N3O3.ClH/c1-14(23-20(25)12-15-2-6-17(22)7-3-15)16-4-10-19(11-5-16)27-13-21(26)24-18-8-9-18;/h2-7,10-11,14,18H,8-9,12-13,22H2,1H3,(H,23,25)(H,24,26);1H. The van der Waals surface area contributed by atoms with Crippen LogP contribution >= 0.6 is 12.4 Å². The van der Waals surface area contributed by atoms with Crippen molar-refractivity contribution in [1.82, 2.24) is 10.6 Å². The van der Waals surface area contributed by atoms with E-state index in [0.29, 0.717) is 23.9 Å². The number of nitrogens with two attached hydrogens (primary N) is 1. The minimum absolute atomic E-state index is 0. The fourth-order valence-corrected chi connectivity index (χ4v) is 2.70. The van der Waals surface area contributed by atoms with Gasteiger partial charge in [0.1, 0.15) is 5.75 Å². The lowest BCUT2D eigenvalue weighted by Gasteiger charge is -2.15. The molecule has 1 saturated carbocycles. The van der Waals surface area contributed by atoms with Crippen LogP contribution in [0.5, 0.6) is 5.75 Å². The zero-order valence-corrected chi connectivity index (χ0v) is 16.6. The molecule has 0 radical (unpaired) electrons. The molecule has 0 saturated heterocycles. The van der Waals surface area contributed by atoms with Crippen molar-refractivity contribution >= 4 is 29.9 Å². The molecule has 150 valence electrons. The molecule has 3 rings (SSSR count). The van der Waals surface area contributed by atoms with Crippen LogP contribution in [0.2, 0.25) is 0 Å². The molecule has 0 aromatic heterocycles. The number of rotatable bonds is 8. The summed E-state index contributed by atoms with van der Waals surface area (Å²) in [7, 11) is 0. The fraction of sp³-hybridized carbons (Fsp3) is 0.333. The zero-order valence-electron chi connectivity index (χ0n) is 15.8. The molecule has 2 amide bonds. The van der Waals surface area contributed by atoms with E-state index in [9.17, 15) is 9.59 Å². The Hall–Kier alpha value is -2.73. The van der Waals surface area contributed by atoms with Gasteiger partial charge in [-0.2, -0.15) is 0 Å². The number of benzene rings is 2. The number of carbonyl (C=O) groups excluding carboxylic acids is 2. The van der Waals surface area contributed by atoms with Crippen LogP contribution in [0.4, 0.5) is 5.69 Å². The lowest BCUT2D eigenvalue weighted by Crippen LogP contribution is -2.30. The first kappa shape index (κ1) is 21.6. The second-order valence-electron chi connectivity index (χ2n) is 6.91. The molecule has 1 unspecified atom stereocenters. The summed E-state index contributed by atoms with van der Waals surface area (Å²) in [6, 6.07) is 14.9. The third kappa shape index (κ3) is 6.78. The first-order chi connectivity index (χ1) is 13.0. The minimum atomic E-state index is -0.126. The number of anilines is 1. The summed E-state index contributed by atoms with van der Waals surface area (Å²) in [5.41, 5.74) is 8.22. The van der Waals surface area contributed by atoms with Crippen LogP contribution < -0.4 is 21.1 Å². The number of hydrogen-bond donors (Lipinski definition) is 3. The molecule has 28 heavy (non-hydrogen) atoms. The van der Waals surface area contributed by atoms with E-state index < -0.39 is 0 Å². The molecular formula is C21H26ClN3O3. The molecule has 1 fully saturated rings. The van der Waals surface area contributed by atoms with Crippen LogP contribution in [-0.4, -0.2) is 24.5 Å². The Bertz CT molecular complexity index is 790. The zero-order chi connectivity index (χ0) is 19.2. The Kier molecular flexibility index (Phi) is 7.70. The maximum atomic E-state index is 12.2. The van der Waals surface area contributed by atoms with Crippen molar-refractivity contribution in [3.05, 3.63) is 59.7 Å². The number of hydrogen-bond acceptors (Lipinski definition) is 4. The molecule has 1 atom stereocenters. The van der Waals surface area contributed by atoms with Gasteiger partial charge in [-0.25, -0.2) is 0 Å². The van der Waals surface area contributed by atoms with Crippen molar-refractivity contribution in [2.45, 2.75) is 38.3 Å². The molecule has 7 heteroatoms. The van der Waals surface area contributed by atoms with Gasteiger partial charge in [0.05, 0.1) is 12.5 Å². The lowest BCUT2D eigenvalue weighted by atomic mass is 10.1. The minimum Gasteiger partial charge on any atom is -0.484 e. The van der Waals surface area contributed by atoms with Crippen molar-refractivity contribution in [2.75, 3.05) is 12.3 Å². The summed E-state index contributed by atoms with van der Waals surface area (Å²) in [6.07, 6.45) is 2.42. The number of amides is 2. The Morgan fingerprint density at radius 3 is 2.32 bits per heavy atom. The average molecular weight is 404 g/mol. The largest absolute Gasteiger partial charge is 0.484 e. The van der Waals surface area contributed by atoms with Gasteiger partial charge in [-0.1, -0.05) is 24.3 Å². The first-order valence-corrected chi connectivity index (χ1v) is 9.15. The summed E-state index contributed by atoms with van der Waals surface area (Å²) in [5, 5.41) is 5.86. The van der Waals surface area contributed by atoms with Gasteiger partial charge in [-0.05, 0) is 55.2 Å². The quantitative estimate of drug-likeness (QED) is 0.591. The maximum absolute atomic E-state index is 12.2. The van der Waals surface area contributed by atoms with Crippen LogP contribution in [0.25, 0.3) is 0 Å². The highest BCUT2D eigenvalue weighted by molar-refractivity contribution is 5.85. The number of nitrogens with one attached hydrogen (secondary N) is 2. The molecule has 0 heterocycles. The van der Waals surface area contributed by atoms with Crippen LogP contribution in [0.15, 0.2) is 48.5 Å². The number of halogens is 1. The predicted molar refractivity (Wildman–Crippen MR) is 111 cm³/mol. The third-order valence-electron chi connectivity index (χ3n) is 4.41. The van der Waals surface area contributed by atoms with Gasteiger partial charge in [0, 0.05) is 11.7 Å². The highest BCUT2D eigenvalue weighted by Crippen LogP contribution is 2.19. The summed E-state index contributed by atoms with van der Waals surface area (Å²) < 4.78 is 5.49. The van der Waals surface area contributed by atoms with Crippen LogP contribution in [0.3, 0.4) is 0 Å². The van der Waals surface area contributed by atoms with Gasteiger partial charge in [0.2, 0.25) is 5.91 Å². The normalized spacial score (nSPS) is 13.8. The summed E-state index contributed by atoms with van der Waals surface area (Å²) >= 11 is 0. The molecular weight excluding hydrogens is 378 g/mol. The van der Waals surface area contributed by atoms with Crippen molar-refractivity contribution < 1.29 is 14.3 Å². The number of nitrogen functional groups attached to an aromatic ring is 1. The van der Waals surface area contributed by atoms with Crippen LogP contribution in [0, 0.1) is 0 Å². The molecule has 0 spiro atoms. The van der Waals surface area contributed by atoms with E-state index in [1.54, 1.807) is 12.1 Å². The fourth-order valence-electron chi connectivity index (χ4n) is 2.70.